The molecule has 1 amide bonds. The van der Waals surface area contributed by atoms with E-state index in [1.54, 1.807) is 23.1 Å². The van der Waals surface area contributed by atoms with Gasteiger partial charge in [0.2, 0.25) is 5.91 Å². The van der Waals surface area contributed by atoms with Gasteiger partial charge in [-0.1, -0.05) is 29.3 Å². The van der Waals surface area contributed by atoms with Gasteiger partial charge in [0.1, 0.15) is 6.54 Å². The minimum absolute atomic E-state index is 0.0510. The summed E-state index contributed by atoms with van der Waals surface area (Å²) in [6.45, 7) is 2.54. The molecule has 1 aromatic heterocycles. The largest absolute Gasteiger partial charge is 0.420 e. The third-order valence-corrected chi connectivity index (χ3v) is 5.20. The van der Waals surface area contributed by atoms with Crippen LogP contribution in [0.3, 0.4) is 0 Å². The van der Waals surface area contributed by atoms with Gasteiger partial charge in [-0.05, 0) is 30.3 Å². The predicted octanol–water partition coefficient (Wildman–Crippen LogP) is 3.25. The lowest BCUT2D eigenvalue weighted by Crippen LogP contribution is -2.50. The minimum Gasteiger partial charge on any atom is -0.408 e. The summed E-state index contributed by atoms with van der Waals surface area (Å²) < 4.78 is 6.53. The number of halogens is 2. The van der Waals surface area contributed by atoms with Gasteiger partial charge in [-0.2, -0.15) is 0 Å². The Balaban J connectivity index is 1.45. The van der Waals surface area contributed by atoms with Crippen LogP contribution in [-0.4, -0.2) is 41.6 Å². The Kier molecular flexibility index (Phi) is 4.85. The molecule has 1 aliphatic heterocycles. The number of benzene rings is 2. The standard InChI is InChI=1S/C19H17Cl2N3O3/c20-13-2-1-3-15(10-13)22-6-8-23(9-7-22)18(25)12-24-16-5-4-14(21)11-17(16)27-19(24)26/h1-5,10-11H,6-9,12H2. The smallest absolute Gasteiger partial charge is 0.408 e. The second-order valence-corrected chi connectivity index (χ2v) is 7.29. The summed E-state index contributed by atoms with van der Waals surface area (Å²) in [6.07, 6.45) is 0. The maximum Gasteiger partial charge on any atom is 0.420 e. The summed E-state index contributed by atoms with van der Waals surface area (Å²) in [5.41, 5.74) is 1.99. The highest BCUT2D eigenvalue weighted by molar-refractivity contribution is 6.31. The Bertz CT molecular complexity index is 1050. The topological polar surface area (TPSA) is 58.7 Å². The molecule has 0 saturated carbocycles. The zero-order valence-electron chi connectivity index (χ0n) is 14.4. The van der Waals surface area contributed by atoms with Gasteiger partial charge in [0, 0.05) is 48.0 Å². The van der Waals surface area contributed by atoms with Crippen molar-refractivity contribution in [1.29, 1.82) is 0 Å². The van der Waals surface area contributed by atoms with Crippen molar-refractivity contribution in [3.8, 4) is 0 Å². The van der Waals surface area contributed by atoms with Crippen molar-refractivity contribution in [1.82, 2.24) is 9.47 Å². The fourth-order valence-electron chi connectivity index (χ4n) is 3.31. The Labute approximate surface area is 165 Å². The summed E-state index contributed by atoms with van der Waals surface area (Å²) in [6, 6.07) is 12.6. The second-order valence-electron chi connectivity index (χ2n) is 6.41. The maximum atomic E-state index is 12.7. The van der Waals surface area contributed by atoms with Crippen LogP contribution in [0, 0.1) is 0 Å². The van der Waals surface area contributed by atoms with Gasteiger partial charge in [-0.15, -0.1) is 0 Å². The van der Waals surface area contributed by atoms with Gasteiger partial charge in [0.15, 0.2) is 5.58 Å². The van der Waals surface area contributed by atoms with Crippen LogP contribution >= 0.6 is 23.2 Å². The number of piperazine rings is 1. The lowest BCUT2D eigenvalue weighted by molar-refractivity contribution is -0.132. The van der Waals surface area contributed by atoms with E-state index in [2.05, 4.69) is 4.90 Å². The van der Waals surface area contributed by atoms with Crippen molar-refractivity contribution in [2.75, 3.05) is 31.1 Å². The molecule has 1 aliphatic rings. The zero-order valence-corrected chi connectivity index (χ0v) is 15.9. The Morgan fingerprint density at radius 3 is 2.48 bits per heavy atom. The van der Waals surface area contributed by atoms with Crippen LogP contribution in [-0.2, 0) is 11.3 Å². The van der Waals surface area contributed by atoms with E-state index >= 15 is 0 Å². The number of rotatable bonds is 3. The summed E-state index contributed by atoms with van der Waals surface area (Å²) >= 11 is 12.0. The normalized spacial score (nSPS) is 14.7. The lowest BCUT2D eigenvalue weighted by atomic mass is 10.2. The molecule has 2 aromatic carbocycles. The molecule has 27 heavy (non-hydrogen) atoms. The SMILES string of the molecule is O=C(Cn1c(=O)oc2cc(Cl)ccc21)N1CCN(c2cccc(Cl)c2)CC1. The average molecular weight is 406 g/mol. The van der Waals surface area contributed by atoms with Gasteiger partial charge in [0.05, 0.1) is 5.52 Å². The van der Waals surface area contributed by atoms with Crippen molar-refractivity contribution in [2.45, 2.75) is 6.54 Å². The van der Waals surface area contributed by atoms with Gasteiger partial charge < -0.3 is 14.2 Å². The zero-order chi connectivity index (χ0) is 19.0. The summed E-state index contributed by atoms with van der Waals surface area (Å²) in [4.78, 5) is 28.7. The van der Waals surface area contributed by atoms with E-state index in [0.29, 0.717) is 47.3 Å². The first-order valence-electron chi connectivity index (χ1n) is 8.58. The van der Waals surface area contributed by atoms with Crippen LogP contribution in [0.4, 0.5) is 5.69 Å². The van der Waals surface area contributed by atoms with Gasteiger partial charge >= 0.3 is 5.76 Å². The highest BCUT2D eigenvalue weighted by Crippen LogP contribution is 2.21. The van der Waals surface area contributed by atoms with E-state index in [4.69, 9.17) is 27.6 Å². The van der Waals surface area contributed by atoms with Crippen LogP contribution < -0.4 is 10.7 Å². The molecule has 0 spiro atoms. The third kappa shape index (κ3) is 3.68. The highest BCUT2D eigenvalue weighted by Gasteiger charge is 2.23. The number of amides is 1. The molecule has 3 aromatic rings. The van der Waals surface area contributed by atoms with E-state index in [1.807, 2.05) is 24.3 Å². The number of fused-ring (bicyclic) bond motifs is 1. The highest BCUT2D eigenvalue weighted by atomic mass is 35.5. The Morgan fingerprint density at radius 1 is 1.00 bits per heavy atom. The van der Waals surface area contributed by atoms with E-state index in [9.17, 15) is 9.59 Å². The molecule has 1 fully saturated rings. The number of aromatic nitrogens is 1. The summed E-state index contributed by atoms with van der Waals surface area (Å²) in [5.74, 6) is -0.668. The second kappa shape index (κ2) is 7.29. The van der Waals surface area contributed by atoms with Crippen LogP contribution in [0.5, 0.6) is 0 Å². The van der Waals surface area contributed by atoms with Crippen molar-refractivity contribution in [3.63, 3.8) is 0 Å². The lowest BCUT2D eigenvalue weighted by Gasteiger charge is -2.36. The molecule has 0 radical (unpaired) electrons. The number of nitrogens with zero attached hydrogens (tertiary/aromatic N) is 3. The fourth-order valence-corrected chi connectivity index (χ4v) is 3.66. The first-order chi connectivity index (χ1) is 13.0. The number of oxazole rings is 1. The number of carbonyl (C=O) groups excluding carboxylic acids is 1. The molecule has 0 atom stereocenters. The van der Waals surface area contributed by atoms with Crippen LogP contribution in [0.25, 0.3) is 11.1 Å². The van der Waals surface area contributed by atoms with E-state index in [0.717, 1.165) is 5.69 Å². The quantitative estimate of drug-likeness (QED) is 0.670. The number of anilines is 1. The molecule has 2 heterocycles. The van der Waals surface area contributed by atoms with Crippen LogP contribution in [0.2, 0.25) is 10.0 Å². The first-order valence-corrected chi connectivity index (χ1v) is 9.34. The Hall–Kier alpha value is -2.44. The third-order valence-electron chi connectivity index (χ3n) is 4.73. The fraction of sp³-hybridized carbons (Fsp3) is 0.263. The molecular weight excluding hydrogens is 389 g/mol. The molecule has 0 aliphatic carbocycles. The van der Waals surface area contributed by atoms with Crippen molar-refractivity contribution >= 4 is 45.9 Å². The molecule has 0 bridgehead atoms. The van der Waals surface area contributed by atoms with Gasteiger partial charge in [-0.3, -0.25) is 9.36 Å². The monoisotopic (exact) mass is 405 g/mol. The van der Waals surface area contributed by atoms with Gasteiger partial charge in [-0.25, -0.2) is 4.79 Å². The predicted molar refractivity (Wildman–Crippen MR) is 106 cm³/mol. The van der Waals surface area contributed by atoms with E-state index in [-0.39, 0.29) is 12.5 Å². The van der Waals surface area contributed by atoms with Gasteiger partial charge in [0.25, 0.3) is 0 Å². The van der Waals surface area contributed by atoms with E-state index < -0.39 is 5.76 Å². The summed E-state index contributed by atoms with van der Waals surface area (Å²) in [5, 5.41) is 1.17. The maximum absolute atomic E-state index is 12.7. The molecule has 8 heteroatoms. The number of hydrogen-bond acceptors (Lipinski definition) is 4. The molecule has 0 unspecified atom stereocenters. The minimum atomic E-state index is -0.557. The number of carbonyl (C=O) groups is 1. The van der Waals surface area contributed by atoms with Crippen molar-refractivity contribution < 1.29 is 9.21 Å². The average Bonchev–Trinajstić information content (AvgIpc) is 2.96. The molecule has 140 valence electrons. The Morgan fingerprint density at radius 2 is 1.74 bits per heavy atom. The molecule has 6 nitrogen and oxygen atoms in total. The van der Waals surface area contributed by atoms with Crippen LogP contribution in [0.15, 0.2) is 51.7 Å². The molecule has 4 rings (SSSR count). The van der Waals surface area contributed by atoms with Crippen molar-refractivity contribution in [2.24, 2.45) is 0 Å². The van der Waals surface area contributed by atoms with E-state index in [1.165, 1.54) is 4.57 Å². The molecule has 1 saturated heterocycles. The molecular formula is C19H17Cl2N3O3. The van der Waals surface area contributed by atoms with Crippen molar-refractivity contribution in [3.05, 3.63) is 63.1 Å². The summed E-state index contributed by atoms with van der Waals surface area (Å²) in [7, 11) is 0. The van der Waals surface area contributed by atoms with Crippen LogP contribution in [0.1, 0.15) is 0 Å². The first kappa shape index (κ1) is 17.9. The molecule has 0 N–H and O–H groups in total. The number of hydrogen-bond donors (Lipinski definition) is 0.